The van der Waals surface area contributed by atoms with E-state index in [0.29, 0.717) is 5.75 Å². The maximum absolute atomic E-state index is 12.7. The van der Waals surface area contributed by atoms with Crippen LogP contribution in [0.2, 0.25) is 0 Å². The predicted molar refractivity (Wildman–Crippen MR) is 85.8 cm³/mol. The van der Waals surface area contributed by atoms with E-state index in [1.54, 1.807) is 0 Å². The van der Waals surface area contributed by atoms with Crippen LogP contribution in [0.25, 0.3) is 0 Å². The van der Waals surface area contributed by atoms with Crippen LogP contribution in [0, 0.1) is 6.92 Å². The largest absolute Gasteiger partial charge is 0.455 e. The highest BCUT2D eigenvalue weighted by molar-refractivity contribution is 5.57. The topological polar surface area (TPSA) is 35.2 Å². The normalized spacial score (nSPS) is 12.3. The number of nitrogen functional groups attached to an aromatic ring is 1. The van der Waals surface area contributed by atoms with E-state index >= 15 is 0 Å². The molecular weight excluding hydrogens is 303 g/mol. The average molecular weight is 323 g/mol. The molecule has 0 amide bonds. The summed E-state index contributed by atoms with van der Waals surface area (Å²) in [5.41, 5.74) is 6.70. The molecule has 0 aromatic heterocycles. The van der Waals surface area contributed by atoms with Crippen molar-refractivity contribution in [1.29, 1.82) is 0 Å². The van der Waals surface area contributed by atoms with Gasteiger partial charge in [0.05, 0.1) is 11.3 Å². The Morgan fingerprint density at radius 2 is 1.57 bits per heavy atom. The Hall–Kier alpha value is -2.17. The van der Waals surface area contributed by atoms with Crippen LogP contribution in [-0.2, 0) is 11.6 Å². The van der Waals surface area contributed by atoms with Crippen molar-refractivity contribution in [2.75, 3.05) is 5.73 Å². The Balaban J connectivity index is 2.42. The lowest BCUT2D eigenvalue weighted by molar-refractivity contribution is -0.137. The zero-order valence-electron chi connectivity index (χ0n) is 13.6. The van der Waals surface area contributed by atoms with Crippen molar-refractivity contribution < 1.29 is 17.9 Å². The number of hydrogen-bond donors (Lipinski definition) is 1. The maximum atomic E-state index is 12.7. The van der Waals surface area contributed by atoms with Crippen molar-refractivity contribution in [3.8, 4) is 11.5 Å². The van der Waals surface area contributed by atoms with E-state index in [0.717, 1.165) is 23.3 Å². The van der Waals surface area contributed by atoms with Crippen molar-refractivity contribution in [3.05, 3.63) is 53.1 Å². The SMILES string of the molecule is Cc1ccc(C(C)(C)C)c(Oc2ccc(C(F)(F)F)cc2N)c1. The number of aryl methyl sites for hydroxylation is 1. The van der Waals surface area contributed by atoms with Gasteiger partial charge in [-0.25, -0.2) is 0 Å². The van der Waals surface area contributed by atoms with Crippen molar-refractivity contribution in [2.45, 2.75) is 39.3 Å². The van der Waals surface area contributed by atoms with Gasteiger partial charge in [0.15, 0.2) is 0 Å². The fourth-order valence-electron chi connectivity index (χ4n) is 2.27. The van der Waals surface area contributed by atoms with Crippen LogP contribution < -0.4 is 10.5 Å². The highest BCUT2D eigenvalue weighted by atomic mass is 19.4. The van der Waals surface area contributed by atoms with Gasteiger partial charge in [-0.15, -0.1) is 0 Å². The molecule has 0 aliphatic heterocycles. The Labute approximate surface area is 134 Å². The molecular formula is C18H20F3NO. The monoisotopic (exact) mass is 323 g/mol. The number of hydrogen-bond acceptors (Lipinski definition) is 2. The number of anilines is 1. The van der Waals surface area contributed by atoms with Crippen molar-refractivity contribution in [3.63, 3.8) is 0 Å². The predicted octanol–water partition coefficient (Wildman–Crippen LogP) is 5.69. The summed E-state index contributed by atoms with van der Waals surface area (Å²) < 4.78 is 43.9. The van der Waals surface area contributed by atoms with Crippen molar-refractivity contribution >= 4 is 5.69 Å². The summed E-state index contributed by atoms with van der Waals surface area (Å²) in [5.74, 6) is 0.818. The molecule has 0 atom stereocenters. The smallest absolute Gasteiger partial charge is 0.416 e. The summed E-state index contributed by atoms with van der Waals surface area (Å²) in [6.45, 7) is 8.05. The second-order valence-electron chi connectivity index (χ2n) is 6.60. The first kappa shape index (κ1) is 17.2. The third kappa shape index (κ3) is 3.97. The average Bonchev–Trinajstić information content (AvgIpc) is 2.38. The van der Waals surface area contributed by atoms with E-state index in [2.05, 4.69) is 0 Å². The van der Waals surface area contributed by atoms with Crippen LogP contribution in [0.15, 0.2) is 36.4 Å². The van der Waals surface area contributed by atoms with Gasteiger partial charge in [-0.2, -0.15) is 13.2 Å². The molecule has 0 heterocycles. The summed E-state index contributed by atoms with van der Waals surface area (Å²) in [4.78, 5) is 0. The van der Waals surface area contributed by atoms with Gasteiger partial charge in [0.1, 0.15) is 11.5 Å². The van der Waals surface area contributed by atoms with E-state index in [9.17, 15) is 13.2 Å². The second kappa shape index (κ2) is 5.80. The number of benzene rings is 2. The molecule has 2 aromatic rings. The van der Waals surface area contributed by atoms with Crippen LogP contribution in [0.1, 0.15) is 37.5 Å². The molecule has 2 N–H and O–H groups in total. The van der Waals surface area contributed by atoms with Crippen LogP contribution in [0.3, 0.4) is 0 Å². The van der Waals surface area contributed by atoms with Gasteiger partial charge < -0.3 is 10.5 Å². The van der Waals surface area contributed by atoms with Gasteiger partial charge in [-0.05, 0) is 42.2 Å². The van der Waals surface area contributed by atoms with E-state index in [1.165, 1.54) is 6.07 Å². The van der Waals surface area contributed by atoms with E-state index < -0.39 is 11.7 Å². The van der Waals surface area contributed by atoms with Crippen LogP contribution in [0.5, 0.6) is 11.5 Å². The molecule has 124 valence electrons. The zero-order chi connectivity index (χ0) is 17.4. The van der Waals surface area contributed by atoms with Gasteiger partial charge in [-0.1, -0.05) is 32.9 Å². The molecule has 0 spiro atoms. The molecule has 0 fully saturated rings. The summed E-state index contributed by atoms with van der Waals surface area (Å²) in [5, 5.41) is 0. The van der Waals surface area contributed by atoms with Crippen molar-refractivity contribution in [1.82, 2.24) is 0 Å². The first-order valence-corrected chi connectivity index (χ1v) is 7.24. The zero-order valence-corrected chi connectivity index (χ0v) is 13.6. The second-order valence-corrected chi connectivity index (χ2v) is 6.60. The fourth-order valence-corrected chi connectivity index (χ4v) is 2.27. The molecule has 0 unspecified atom stereocenters. The molecule has 0 radical (unpaired) electrons. The first-order chi connectivity index (χ1) is 10.5. The number of halogens is 3. The van der Waals surface area contributed by atoms with Crippen molar-refractivity contribution in [2.24, 2.45) is 0 Å². The molecule has 0 aliphatic carbocycles. The van der Waals surface area contributed by atoms with Gasteiger partial charge in [0.2, 0.25) is 0 Å². The van der Waals surface area contributed by atoms with Gasteiger partial charge in [0, 0.05) is 5.56 Å². The summed E-state index contributed by atoms with van der Waals surface area (Å²) >= 11 is 0. The summed E-state index contributed by atoms with van der Waals surface area (Å²) in [6.07, 6.45) is -4.42. The molecule has 5 heteroatoms. The summed E-state index contributed by atoms with van der Waals surface area (Å²) in [7, 11) is 0. The minimum atomic E-state index is -4.42. The maximum Gasteiger partial charge on any atom is 0.416 e. The molecule has 2 nitrogen and oxygen atoms in total. The molecule has 2 aromatic carbocycles. The minimum absolute atomic E-state index is 0.0406. The highest BCUT2D eigenvalue weighted by Crippen LogP contribution is 2.38. The van der Waals surface area contributed by atoms with E-state index in [4.69, 9.17) is 10.5 Å². The first-order valence-electron chi connectivity index (χ1n) is 7.24. The van der Waals surface area contributed by atoms with Crippen LogP contribution in [-0.4, -0.2) is 0 Å². The van der Waals surface area contributed by atoms with Gasteiger partial charge in [-0.3, -0.25) is 0 Å². The van der Waals surface area contributed by atoms with Crippen LogP contribution >= 0.6 is 0 Å². The Bertz CT molecular complexity index is 715. The lowest BCUT2D eigenvalue weighted by Gasteiger charge is -2.23. The standard InChI is InChI=1S/C18H20F3NO/c1-11-5-7-13(17(2,3)4)16(9-11)23-15-8-6-12(10-14(15)22)18(19,20)21/h5-10H,22H2,1-4H3. The Kier molecular flexibility index (Phi) is 4.33. The highest BCUT2D eigenvalue weighted by Gasteiger charge is 2.31. The summed E-state index contributed by atoms with van der Waals surface area (Å²) in [6, 6.07) is 8.92. The number of rotatable bonds is 2. The molecule has 23 heavy (non-hydrogen) atoms. The van der Waals surface area contributed by atoms with E-state index in [-0.39, 0.29) is 16.9 Å². The lowest BCUT2D eigenvalue weighted by atomic mass is 9.86. The van der Waals surface area contributed by atoms with Gasteiger partial charge >= 0.3 is 6.18 Å². The Morgan fingerprint density at radius 3 is 2.09 bits per heavy atom. The number of ether oxygens (including phenoxy) is 1. The number of alkyl halides is 3. The molecule has 0 bridgehead atoms. The van der Waals surface area contributed by atoms with E-state index in [1.807, 2.05) is 45.9 Å². The van der Waals surface area contributed by atoms with Gasteiger partial charge in [0.25, 0.3) is 0 Å². The molecule has 0 saturated heterocycles. The fraction of sp³-hybridized carbons (Fsp3) is 0.333. The van der Waals surface area contributed by atoms with Crippen LogP contribution in [0.4, 0.5) is 18.9 Å². The molecule has 0 aliphatic rings. The number of nitrogens with two attached hydrogens (primary N) is 1. The third-order valence-electron chi connectivity index (χ3n) is 3.50. The molecule has 0 saturated carbocycles. The lowest BCUT2D eigenvalue weighted by Crippen LogP contribution is -2.13. The third-order valence-corrected chi connectivity index (χ3v) is 3.50. The Morgan fingerprint density at radius 1 is 0.913 bits per heavy atom. The molecule has 2 rings (SSSR count). The minimum Gasteiger partial charge on any atom is -0.455 e. The quantitative estimate of drug-likeness (QED) is 0.721.